The van der Waals surface area contributed by atoms with E-state index in [0.717, 1.165) is 12.8 Å². The first-order chi connectivity index (χ1) is 11.7. The van der Waals surface area contributed by atoms with Crippen LogP contribution in [0.4, 0.5) is 4.39 Å². The zero-order valence-corrected chi connectivity index (χ0v) is 13.5. The fraction of sp³-hybridized carbons (Fsp3) is 0.529. The van der Waals surface area contributed by atoms with E-state index >= 15 is 0 Å². The van der Waals surface area contributed by atoms with Gasteiger partial charge in [0.25, 0.3) is 5.89 Å². The zero-order chi connectivity index (χ0) is 16.6. The van der Waals surface area contributed by atoms with Gasteiger partial charge in [0, 0.05) is 24.6 Å². The molecule has 1 aromatic carbocycles. The smallest absolute Gasteiger partial charge is 0.250 e. The molecule has 1 atom stereocenters. The maximum Gasteiger partial charge on any atom is 0.250 e. The summed E-state index contributed by atoms with van der Waals surface area (Å²) < 4.78 is 30.8. The molecular weight excluding hydrogens is 313 g/mol. The van der Waals surface area contributed by atoms with Crippen molar-refractivity contribution in [1.29, 1.82) is 0 Å². The van der Waals surface area contributed by atoms with Crippen LogP contribution in [0.5, 0.6) is 0 Å². The van der Waals surface area contributed by atoms with E-state index < -0.39 is 5.60 Å². The number of halogens is 1. The minimum Gasteiger partial charge on any atom is -0.421 e. The number of rotatable bonds is 6. The van der Waals surface area contributed by atoms with Crippen LogP contribution in [0.2, 0.25) is 0 Å². The van der Waals surface area contributed by atoms with Gasteiger partial charge in [-0.05, 0) is 18.9 Å². The quantitative estimate of drug-likeness (QED) is 0.874. The molecule has 0 radical (unpaired) electrons. The van der Waals surface area contributed by atoms with Crippen LogP contribution in [0.25, 0.3) is 0 Å². The van der Waals surface area contributed by atoms with Gasteiger partial charge >= 0.3 is 0 Å². The van der Waals surface area contributed by atoms with E-state index in [9.17, 15) is 4.39 Å². The maximum atomic E-state index is 14.0. The number of hydrogen-bond acceptors (Lipinski definition) is 6. The third-order valence-electron chi connectivity index (χ3n) is 4.95. The van der Waals surface area contributed by atoms with Crippen LogP contribution in [-0.4, -0.2) is 30.5 Å². The molecule has 2 heterocycles. The molecule has 1 aliphatic heterocycles. The van der Waals surface area contributed by atoms with Crippen molar-refractivity contribution in [3.8, 4) is 0 Å². The van der Waals surface area contributed by atoms with Crippen LogP contribution >= 0.6 is 0 Å². The van der Waals surface area contributed by atoms with E-state index in [1.165, 1.54) is 6.07 Å². The highest BCUT2D eigenvalue weighted by Crippen LogP contribution is 2.46. The standard InChI is InChI=1S/C17H20FN3O3/c1-22-17(8-9-23-11-17)15-21-20-14(24-15)10-19-16(6-7-16)12-4-2-3-5-13(12)18/h2-5,19H,6-11H2,1H3. The molecule has 1 N–H and O–H groups in total. The Morgan fingerprint density at radius 1 is 1.25 bits per heavy atom. The second-order valence-corrected chi connectivity index (χ2v) is 6.42. The van der Waals surface area contributed by atoms with Gasteiger partial charge in [0.2, 0.25) is 5.89 Å². The van der Waals surface area contributed by atoms with E-state index in [1.54, 1.807) is 13.2 Å². The summed E-state index contributed by atoms with van der Waals surface area (Å²) in [6.45, 7) is 1.42. The molecule has 1 unspecified atom stereocenters. The molecule has 128 valence electrons. The molecule has 2 aliphatic rings. The summed E-state index contributed by atoms with van der Waals surface area (Å²) in [4.78, 5) is 0. The van der Waals surface area contributed by atoms with Crippen LogP contribution in [-0.2, 0) is 27.2 Å². The Morgan fingerprint density at radius 2 is 2.08 bits per heavy atom. The average molecular weight is 333 g/mol. The molecule has 6 nitrogen and oxygen atoms in total. The molecule has 7 heteroatoms. The topological polar surface area (TPSA) is 69.4 Å². The van der Waals surface area contributed by atoms with Gasteiger partial charge in [0.1, 0.15) is 5.82 Å². The number of aromatic nitrogens is 2. The zero-order valence-electron chi connectivity index (χ0n) is 13.5. The molecule has 0 bridgehead atoms. The highest BCUT2D eigenvalue weighted by atomic mass is 19.1. The minimum absolute atomic E-state index is 0.185. The van der Waals surface area contributed by atoms with Gasteiger partial charge < -0.3 is 13.9 Å². The number of nitrogens with zero attached hydrogens (tertiary/aromatic N) is 2. The van der Waals surface area contributed by atoms with Crippen molar-refractivity contribution >= 4 is 0 Å². The number of ether oxygens (including phenoxy) is 2. The summed E-state index contributed by atoms with van der Waals surface area (Å²) in [5, 5.41) is 11.6. The molecule has 0 spiro atoms. The Morgan fingerprint density at radius 3 is 2.75 bits per heavy atom. The van der Waals surface area contributed by atoms with E-state index in [4.69, 9.17) is 13.9 Å². The van der Waals surface area contributed by atoms with Gasteiger partial charge in [-0.3, -0.25) is 5.32 Å². The van der Waals surface area contributed by atoms with Gasteiger partial charge in [-0.25, -0.2) is 4.39 Å². The third kappa shape index (κ3) is 2.62. The molecule has 4 rings (SSSR count). The lowest BCUT2D eigenvalue weighted by Gasteiger charge is -2.20. The second kappa shape index (κ2) is 5.91. The highest BCUT2D eigenvalue weighted by Gasteiger charge is 2.46. The lowest BCUT2D eigenvalue weighted by molar-refractivity contribution is -0.0417. The fourth-order valence-electron chi connectivity index (χ4n) is 3.23. The van der Waals surface area contributed by atoms with Crippen molar-refractivity contribution in [3.63, 3.8) is 0 Å². The Labute approximate surface area is 139 Å². The van der Waals surface area contributed by atoms with Crippen molar-refractivity contribution in [2.75, 3.05) is 20.3 Å². The summed E-state index contributed by atoms with van der Waals surface area (Å²) >= 11 is 0. The van der Waals surface area contributed by atoms with Crippen molar-refractivity contribution in [1.82, 2.24) is 15.5 Å². The van der Waals surface area contributed by atoms with E-state index in [0.29, 0.717) is 43.5 Å². The predicted molar refractivity (Wildman–Crippen MR) is 82.6 cm³/mol. The minimum atomic E-state index is -0.645. The fourth-order valence-corrected chi connectivity index (χ4v) is 3.23. The average Bonchev–Trinajstić information content (AvgIpc) is 3.02. The predicted octanol–water partition coefficient (Wildman–Crippen LogP) is 2.25. The molecule has 2 aromatic rings. The first-order valence-electron chi connectivity index (χ1n) is 8.13. The van der Waals surface area contributed by atoms with Crippen molar-refractivity contribution in [3.05, 3.63) is 47.4 Å². The summed E-state index contributed by atoms with van der Waals surface area (Å²) in [7, 11) is 1.62. The Balaban J connectivity index is 1.47. The maximum absolute atomic E-state index is 14.0. The molecule has 1 saturated carbocycles. The lowest BCUT2D eigenvalue weighted by Crippen LogP contribution is -2.30. The molecule has 24 heavy (non-hydrogen) atoms. The first kappa shape index (κ1) is 15.7. The van der Waals surface area contributed by atoms with Gasteiger partial charge in [0.15, 0.2) is 5.60 Å². The summed E-state index contributed by atoms with van der Waals surface area (Å²) in [5.41, 5.74) is -0.272. The first-order valence-corrected chi connectivity index (χ1v) is 8.13. The van der Waals surface area contributed by atoms with Crippen molar-refractivity contribution in [2.24, 2.45) is 0 Å². The number of nitrogens with one attached hydrogen (secondary N) is 1. The number of methoxy groups -OCH3 is 1. The molecular formula is C17H20FN3O3. The lowest BCUT2D eigenvalue weighted by atomic mass is 10.0. The summed E-state index contributed by atoms with van der Waals surface area (Å²) in [5.74, 6) is 0.723. The molecule has 0 amide bonds. The van der Waals surface area contributed by atoms with Crippen molar-refractivity contribution in [2.45, 2.75) is 36.9 Å². The Hall–Kier alpha value is -1.83. The van der Waals surface area contributed by atoms with E-state index in [2.05, 4.69) is 15.5 Å². The van der Waals surface area contributed by atoms with Crippen LogP contribution in [0.1, 0.15) is 36.6 Å². The largest absolute Gasteiger partial charge is 0.421 e. The molecule has 1 saturated heterocycles. The van der Waals surface area contributed by atoms with E-state index in [-0.39, 0.29) is 11.4 Å². The molecule has 2 fully saturated rings. The second-order valence-electron chi connectivity index (χ2n) is 6.42. The molecule has 1 aromatic heterocycles. The Kier molecular flexibility index (Phi) is 3.86. The Bertz CT molecular complexity index is 723. The van der Waals surface area contributed by atoms with Crippen molar-refractivity contribution < 1.29 is 18.3 Å². The van der Waals surface area contributed by atoms with Gasteiger partial charge in [-0.15, -0.1) is 10.2 Å². The normalized spacial score (nSPS) is 25.1. The summed E-state index contributed by atoms with van der Waals surface area (Å²) in [6, 6.07) is 6.87. The SMILES string of the molecule is COC1(c2nnc(CNC3(c4ccccc4F)CC3)o2)CCOC1. The third-order valence-corrected chi connectivity index (χ3v) is 4.95. The summed E-state index contributed by atoms with van der Waals surface area (Å²) in [6.07, 6.45) is 2.48. The van der Waals surface area contributed by atoms with E-state index in [1.807, 2.05) is 12.1 Å². The van der Waals surface area contributed by atoms with Crippen LogP contribution in [0.3, 0.4) is 0 Å². The molecule has 1 aliphatic carbocycles. The monoisotopic (exact) mass is 333 g/mol. The van der Waals surface area contributed by atoms with Crippen LogP contribution < -0.4 is 5.32 Å². The van der Waals surface area contributed by atoms with Crippen LogP contribution in [0, 0.1) is 5.82 Å². The van der Waals surface area contributed by atoms with Gasteiger partial charge in [0.05, 0.1) is 19.8 Å². The number of benzene rings is 1. The van der Waals surface area contributed by atoms with Crippen LogP contribution in [0.15, 0.2) is 28.7 Å². The van der Waals surface area contributed by atoms with Gasteiger partial charge in [-0.2, -0.15) is 0 Å². The van der Waals surface area contributed by atoms with Gasteiger partial charge in [-0.1, -0.05) is 18.2 Å². The number of hydrogen-bond donors (Lipinski definition) is 1. The highest BCUT2D eigenvalue weighted by molar-refractivity contribution is 5.31.